The minimum atomic E-state index is 0.313. The zero-order valence-corrected chi connectivity index (χ0v) is 31.4. The number of rotatable bonds is 10. The van der Waals surface area contributed by atoms with Gasteiger partial charge in [0.25, 0.3) is 0 Å². The first kappa shape index (κ1) is 35.0. The van der Waals surface area contributed by atoms with E-state index in [1.54, 1.807) is 6.08 Å². The summed E-state index contributed by atoms with van der Waals surface area (Å²) in [6.07, 6.45) is 10.4. The molecule has 8 rings (SSSR count). The molecule has 0 bridgehead atoms. The first-order valence-corrected chi connectivity index (χ1v) is 18.8. The van der Waals surface area contributed by atoms with E-state index < -0.39 is 0 Å². The Hall–Kier alpha value is -7.02. The maximum atomic E-state index is 10.5. The topological polar surface area (TPSA) is 72.1 Å². The number of benzene rings is 5. The van der Waals surface area contributed by atoms with E-state index in [9.17, 15) is 10.5 Å². The summed E-state index contributed by atoms with van der Waals surface area (Å²) >= 11 is 0. The van der Waals surface area contributed by atoms with Gasteiger partial charge in [-0.3, -0.25) is 0 Å². The van der Waals surface area contributed by atoms with E-state index in [1.807, 2.05) is 48.5 Å². The molecule has 0 amide bonds. The van der Waals surface area contributed by atoms with Crippen LogP contribution < -0.4 is 9.80 Å². The first-order valence-electron chi connectivity index (χ1n) is 18.8. The van der Waals surface area contributed by atoms with Gasteiger partial charge in [0.15, 0.2) is 0 Å². The number of nitriles is 2. The largest absolute Gasteiger partial charge is 0.456 e. The number of allylic oxidation sites excluding steroid dienone is 5. The van der Waals surface area contributed by atoms with Crippen molar-refractivity contribution in [3.63, 3.8) is 0 Å². The van der Waals surface area contributed by atoms with E-state index in [1.165, 1.54) is 33.4 Å². The van der Waals surface area contributed by atoms with Crippen molar-refractivity contribution in [2.24, 2.45) is 0 Å². The molecule has 7 aromatic rings. The molecule has 6 heteroatoms. The molecule has 1 aliphatic carbocycles. The molecule has 55 heavy (non-hydrogen) atoms. The molecular formula is C49H41N5O. The average molecular weight is 716 g/mol. The summed E-state index contributed by atoms with van der Waals surface area (Å²) in [5, 5.41) is 23.3. The van der Waals surface area contributed by atoms with Gasteiger partial charge in [0.05, 0.1) is 22.3 Å². The first-order chi connectivity index (χ1) is 27.0. The lowest BCUT2D eigenvalue weighted by molar-refractivity contribution is 0.620. The molecule has 0 unspecified atom stereocenters. The fourth-order valence-corrected chi connectivity index (χ4v) is 8.18. The molecule has 268 valence electrons. The van der Waals surface area contributed by atoms with E-state index in [4.69, 9.17) is 4.42 Å². The van der Waals surface area contributed by atoms with Crippen LogP contribution in [-0.2, 0) is 19.3 Å². The van der Waals surface area contributed by atoms with Crippen molar-refractivity contribution in [2.75, 3.05) is 16.3 Å². The van der Waals surface area contributed by atoms with Crippen LogP contribution >= 0.6 is 0 Å². The number of hydrogen-bond donors (Lipinski definition) is 0. The third kappa shape index (κ3) is 5.99. The number of para-hydroxylation sites is 3. The van der Waals surface area contributed by atoms with E-state index in [0.29, 0.717) is 29.8 Å². The van der Waals surface area contributed by atoms with Gasteiger partial charge in [0, 0.05) is 68.7 Å². The zero-order chi connectivity index (χ0) is 38.1. The molecule has 0 fully saturated rings. The second-order valence-electron chi connectivity index (χ2n) is 13.7. The molecule has 0 spiro atoms. The molecule has 1 aliphatic rings. The summed E-state index contributed by atoms with van der Waals surface area (Å²) in [5.41, 5.74) is 12.9. The number of hydrogen-bond acceptors (Lipinski definition) is 5. The van der Waals surface area contributed by atoms with Gasteiger partial charge < -0.3 is 18.8 Å². The fraction of sp³-hybridized carbons (Fsp3) is 0.143. The van der Waals surface area contributed by atoms with Crippen molar-refractivity contribution < 1.29 is 4.42 Å². The fourth-order valence-electron chi connectivity index (χ4n) is 8.18. The molecular weight excluding hydrogens is 675 g/mol. The predicted octanol–water partition coefficient (Wildman–Crippen LogP) is 12.7. The minimum Gasteiger partial charge on any atom is -0.456 e. The minimum absolute atomic E-state index is 0.313. The molecule has 2 aromatic heterocycles. The number of fused-ring (bicyclic) bond motifs is 7. The summed E-state index contributed by atoms with van der Waals surface area (Å²) < 4.78 is 9.30. The van der Waals surface area contributed by atoms with E-state index in [-0.39, 0.29) is 0 Å². The third-order valence-electron chi connectivity index (χ3n) is 10.7. The Bertz CT molecular complexity index is 2750. The molecule has 0 saturated heterocycles. The summed E-state index contributed by atoms with van der Waals surface area (Å²) in [6.45, 7) is 10.7. The van der Waals surface area contributed by atoms with Crippen LogP contribution in [0.3, 0.4) is 0 Å². The summed E-state index contributed by atoms with van der Waals surface area (Å²) in [4.78, 5) is 4.28. The van der Waals surface area contributed by atoms with Crippen LogP contribution in [0.4, 0.5) is 28.4 Å². The molecule has 6 nitrogen and oxygen atoms in total. The highest BCUT2D eigenvalue weighted by Crippen LogP contribution is 2.48. The number of furan rings is 1. The van der Waals surface area contributed by atoms with Gasteiger partial charge in [-0.05, 0) is 94.1 Å². The standard InChI is InChI=1S/C49H41N5O/c1-5-8-10-17-34-18-13-15-22-43(34)52(7-3)46-29-38(28-35(31-50)42(46)32-51)54(36-19-11-9-12-20-36)37-24-25-39-40-26-27-45-48(49(40)55-47(39)30-37)41-21-14-16-23-44(41)53(45)33(4)6-2/h5-6,8-16,18-25,28-30H,1,7,17,26-27H2,2-4H3/b10-8-,33-6+. The Morgan fingerprint density at radius 2 is 1.62 bits per heavy atom. The van der Waals surface area contributed by atoms with E-state index in [0.717, 1.165) is 57.9 Å². The predicted molar refractivity (Wildman–Crippen MR) is 226 cm³/mol. The smallest absolute Gasteiger partial charge is 0.141 e. The van der Waals surface area contributed by atoms with Crippen LogP contribution in [0, 0.1) is 22.7 Å². The van der Waals surface area contributed by atoms with E-state index in [2.05, 4.69) is 133 Å². The lowest BCUT2D eigenvalue weighted by atomic mass is 9.92. The number of aromatic nitrogens is 1. The highest BCUT2D eigenvalue weighted by atomic mass is 16.3. The Morgan fingerprint density at radius 1 is 0.836 bits per heavy atom. The highest BCUT2D eigenvalue weighted by molar-refractivity contribution is 6.03. The Balaban J connectivity index is 1.31. The van der Waals surface area contributed by atoms with Gasteiger partial charge in [0.1, 0.15) is 23.5 Å². The monoisotopic (exact) mass is 715 g/mol. The Morgan fingerprint density at radius 3 is 2.38 bits per heavy atom. The maximum absolute atomic E-state index is 10.5. The van der Waals surface area contributed by atoms with Gasteiger partial charge in [-0.2, -0.15) is 10.5 Å². The summed E-state index contributed by atoms with van der Waals surface area (Å²) in [6, 6.07) is 41.9. The van der Waals surface area contributed by atoms with Gasteiger partial charge in [0.2, 0.25) is 0 Å². The van der Waals surface area contributed by atoms with Crippen LogP contribution in [-0.4, -0.2) is 11.1 Å². The zero-order valence-electron chi connectivity index (χ0n) is 31.4. The van der Waals surface area contributed by atoms with Gasteiger partial charge in [-0.15, -0.1) is 0 Å². The van der Waals surface area contributed by atoms with Gasteiger partial charge in [-0.1, -0.05) is 85.5 Å². The Kier molecular flexibility index (Phi) is 9.41. The highest BCUT2D eigenvalue weighted by Gasteiger charge is 2.30. The SMILES string of the molecule is C=C/C=C\Cc1ccccc1N(CC)c1cc(N(c2ccccc2)c2ccc3c4c(oc3c2)-c2c(n(/C(C)=C/C)c3ccccc23)CC4)cc(C#N)c1C#N. The Labute approximate surface area is 322 Å². The number of nitrogens with zero attached hydrogens (tertiary/aromatic N) is 5. The summed E-state index contributed by atoms with van der Waals surface area (Å²) in [7, 11) is 0. The molecule has 0 atom stereocenters. The molecule has 0 radical (unpaired) electrons. The lowest BCUT2D eigenvalue weighted by Gasteiger charge is -2.30. The van der Waals surface area contributed by atoms with Crippen LogP contribution in [0.25, 0.3) is 38.9 Å². The average Bonchev–Trinajstić information content (AvgIpc) is 3.77. The second-order valence-corrected chi connectivity index (χ2v) is 13.7. The number of anilines is 5. The summed E-state index contributed by atoms with van der Waals surface area (Å²) in [5.74, 6) is 0.936. The van der Waals surface area contributed by atoms with Gasteiger partial charge in [-0.25, -0.2) is 0 Å². The van der Waals surface area contributed by atoms with Crippen LogP contribution in [0.2, 0.25) is 0 Å². The number of aryl methyl sites for hydroxylation is 1. The third-order valence-corrected chi connectivity index (χ3v) is 10.7. The van der Waals surface area contributed by atoms with Crippen LogP contribution in [0.5, 0.6) is 0 Å². The van der Waals surface area contributed by atoms with Crippen molar-refractivity contribution in [3.8, 4) is 23.5 Å². The van der Waals surface area contributed by atoms with Crippen molar-refractivity contribution >= 4 is 56.0 Å². The lowest BCUT2D eigenvalue weighted by Crippen LogP contribution is -2.20. The van der Waals surface area contributed by atoms with Crippen LogP contribution in [0.15, 0.2) is 144 Å². The molecule has 0 N–H and O–H groups in total. The van der Waals surface area contributed by atoms with Crippen molar-refractivity contribution in [3.05, 3.63) is 168 Å². The van der Waals surface area contributed by atoms with Crippen molar-refractivity contribution in [2.45, 2.75) is 40.0 Å². The van der Waals surface area contributed by atoms with Crippen molar-refractivity contribution in [1.29, 1.82) is 10.5 Å². The second kappa shape index (κ2) is 14.8. The quantitative estimate of drug-likeness (QED) is 0.132. The normalized spacial score (nSPS) is 12.3. The molecule has 0 saturated carbocycles. The van der Waals surface area contributed by atoms with E-state index >= 15 is 0 Å². The molecule has 0 aliphatic heterocycles. The van der Waals surface area contributed by atoms with Crippen molar-refractivity contribution in [1.82, 2.24) is 4.57 Å². The van der Waals surface area contributed by atoms with Gasteiger partial charge >= 0.3 is 0 Å². The molecule has 5 aromatic carbocycles. The molecule has 2 heterocycles. The maximum Gasteiger partial charge on any atom is 0.141 e. The van der Waals surface area contributed by atoms with Crippen LogP contribution in [0.1, 0.15) is 48.7 Å².